The summed E-state index contributed by atoms with van der Waals surface area (Å²) in [5.41, 5.74) is 0. The molecule has 0 spiro atoms. The molecule has 0 saturated carbocycles. The monoisotopic (exact) mass is 328 g/mol. The second kappa shape index (κ2) is 7.24. The first-order valence-corrected chi connectivity index (χ1v) is 10.1. The molecule has 0 aromatic heterocycles. The minimum atomic E-state index is -2.77. The Balaban J connectivity index is 2.39. The molecule has 0 saturated heterocycles. The molecule has 1 nitrogen and oxygen atoms in total. The Morgan fingerprint density at radius 1 is 0.667 bits per heavy atom. The van der Waals surface area contributed by atoms with Gasteiger partial charge in [0.2, 0.25) is 8.07 Å². The van der Waals surface area contributed by atoms with Crippen molar-refractivity contribution in [1.82, 2.24) is 0 Å². The van der Waals surface area contributed by atoms with Crippen molar-refractivity contribution in [2.45, 2.75) is 6.92 Å². The molecule has 0 N–H and O–H groups in total. The van der Waals surface area contributed by atoms with Gasteiger partial charge < -0.3 is 0 Å². The molecule has 3 rings (SSSR count). The van der Waals surface area contributed by atoms with Gasteiger partial charge in [-0.1, -0.05) is 97.1 Å². The standard InChI is InChI=1S/C22H20OSi/c1-2-12-22(23)24(19-13-6-3-7-14-19,20-15-8-4-9-16-20)21-17-10-5-11-18-21/h2-18H,1H3. The second-order valence-corrected chi connectivity index (χ2v) is 9.44. The Kier molecular flexibility index (Phi) is 4.87. The normalized spacial score (nSPS) is 11.5. The van der Waals surface area contributed by atoms with Crippen molar-refractivity contribution in [3.8, 4) is 0 Å². The van der Waals surface area contributed by atoms with Gasteiger partial charge in [-0.15, -0.1) is 0 Å². The maximum atomic E-state index is 13.4. The van der Waals surface area contributed by atoms with Gasteiger partial charge in [0.1, 0.15) is 5.41 Å². The summed E-state index contributed by atoms with van der Waals surface area (Å²) in [5.74, 6) is 0. The zero-order chi connectivity index (χ0) is 16.8. The summed E-state index contributed by atoms with van der Waals surface area (Å²) < 4.78 is 0. The van der Waals surface area contributed by atoms with Crippen molar-refractivity contribution < 1.29 is 4.79 Å². The number of carbonyl (C=O) groups excluding carboxylic acids is 1. The maximum Gasteiger partial charge on any atom is 0.229 e. The lowest BCUT2D eigenvalue weighted by Gasteiger charge is -2.30. The zero-order valence-electron chi connectivity index (χ0n) is 13.7. The number of carbonyl (C=O) groups is 1. The molecule has 0 fully saturated rings. The Morgan fingerprint density at radius 3 is 1.29 bits per heavy atom. The van der Waals surface area contributed by atoms with E-state index in [-0.39, 0.29) is 5.41 Å². The average molecular weight is 328 g/mol. The predicted octanol–water partition coefficient (Wildman–Crippen LogP) is 2.84. The van der Waals surface area contributed by atoms with E-state index in [1.807, 2.05) is 67.6 Å². The maximum absolute atomic E-state index is 13.4. The summed E-state index contributed by atoms with van der Waals surface area (Å²) in [6, 6.07) is 30.7. The van der Waals surface area contributed by atoms with Crippen LogP contribution >= 0.6 is 0 Å². The molecule has 0 heterocycles. The topological polar surface area (TPSA) is 17.1 Å². The van der Waals surface area contributed by atoms with Crippen LogP contribution in [0.2, 0.25) is 0 Å². The second-order valence-electron chi connectivity index (χ2n) is 5.71. The van der Waals surface area contributed by atoms with Crippen LogP contribution < -0.4 is 15.6 Å². The molecule has 0 bridgehead atoms. The first kappa shape index (κ1) is 16.2. The van der Waals surface area contributed by atoms with Crippen LogP contribution in [0.4, 0.5) is 0 Å². The van der Waals surface area contributed by atoms with Crippen LogP contribution in [-0.4, -0.2) is 13.5 Å². The van der Waals surface area contributed by atoms with Crippen LogP contribution in [-0.2, 0) is 4.79 Å². The van der Waals surface area contributed by atoms with E-state index in [1.165, 1.54) is 0 Å². The van der Waals surface area contributed by atoms with E-state index in [0.717, 1.165) is 15.6 Å². The Bertz CT molecular complexity index is 727. The minimum Gasteiger partial charge on any atom is -0.299 e. The smallest absolute Gasteiger partial charge is 0.229 e. The van der Waals surface area contributed by atoms with Crippen LogP contribution in [0, 0.1) is 0 Å². The number of rotatable bonds is 5. The summed E-state index contributed by atoms with van der Waals surface area (Å²) in [4.78, 5) is 13.4. The third-order valence-corrected chi connectivity index (χ3v) is 8.81. The average Bonchev–Trinajstić information content (AvgIpc) is 2.65. The van der Waals surface area contributed by atoms with Crippen molar-refractivity contribution in [1.29, 1.82) is 0 Å². The van der Waals surface area contributed by atoms with Crippen molar-refractivity contribution in [3.63, 3.8) is 0 Å². The van der Waals surface area contributed by atoms with Gasteiger partial charge in [0.25, 0.3) is 0 Å². The summed E-state index contributed by atoms with van der Waals surface area (Å²) in [5, 5.41) is 3.55. The third-order valence-electron chi connectivity index (χ3n) is 4.31. The van der Waals surface area contributed by atoms with Gasteiger partial charge >= 0.3 is 0 Å². The molecule has 3 aromatic carbocycles. The summed E-state index contributed by atoms with van der Waals surface area (Å²) >= 11 is 0. The van der Waals surface area contributed by atoms with Gasteiger partial charge in [0.15, 0.2) is 0 Å². The fourth-order valence-corrected chi connectivity index (χ4v) is 7.62. The van der Waals surface area contributed by atoms with E-state index in [2.05, 4.69) is 36.4 Å². The molecule has 0 aliphatic heterocycles. The Hall–Kier alpha value is -2.71. The lowest BCUT2D eigenvalue weighted by Crippen LogP contribution is -2.72. The molecule has 0 amide bonds. The first-order valence-electron chi connectivity index (χ1n) is 8.14. The molecule has 0 aliphatic rings. The molecular formula is C22H20OSi. The SMILES string of the molecule is CC=CC(=O)[Si](c1ccccc1)(c1ccccc1)c1ccccc1. The summed E-state index contributed by atoms with van der Waals surface area (Å²) in [6.07, 6.45) is 3.58. The quantitative estimate of drug-likeness (QED) is 0.400. The molecule has 0 aliphatic carbocycles. The number of allylic oxidation sites excluding steroid dienone is 2. The fraction of sp³-hybridized carbons (Fsp3) is 0.0455. The van der Waals surface area contributed by atoms with Crippen molar-refractivity contribution in [2.75, 3.05) is 0 Å². The van der Waals surface area contributed by atoms with E-state index in [9.17, 15) is 4.79 Å². The highest BCUT2D eigenvalue weighted by Gasteiger charge is 2.45. The van der Waals surface area contributed by atoms with Gasteiger partial charge in [-0.25, -0.2) is 0 Å². The molecule has 2 heteroatoms. The Labute approximate surface area is 144 Å². The third kappa shape index (κ3) is 2.77. The Morgan fingerprint density at radius 2 is 1.00 bits per heavy atom. The van der Waals surface area contributed by atoms with E-state index in [1.54, 1.807) is 6.08 Å². The zero-order valence-corrected chi connectivity index (χ0v) is 14.7. The minimum absolute atomic E-state index is 0.202. The number of hydrogen-bond donors (Lipinski definition) is 0. The highest BCUT2D eigenvalue weighted by molar-refractivity contribution is 7.30. The van der Waals surface area contributed by atoms with Crippen molar-refractivity contribution >= 4 is 29.0 Å². The highest BCUT2D eigenvalue weighted by Crippen LogP contribution is 2.10. The number of benzene rings is 3. The summed E-state index contributed by atoms with van der Waals surface area (Å²) in [6.45, 7) is 1.90. The van der Waals surface area contributed by atoms with Crippen LogP contribution in [0.25, 0.3) is 0 Å². The van der Waals surface area contributed by atoms with Gasteiger partial charge in [-0.3, -0.25) is 4.79 Å². The van der Waals surface area contributed by atoms with E-state index < -0.39 is 8.07 Å². The van der Waals surface area contributed by atoms with Gasteiger partial charge in [-0.2, -0.15) is 0 Å². The highest BCUT2D eigenvalue weighted by atomic mass is 28.3. The predicted molar refractivity (Wildman–Crippen MR) is 104 cm³/mol. The molecule has 0 radical (unpaired) electrons. The van der Waals surface area contributed by atoms with Crippen molar-refractivity contribution in [3.05, 3.63) is 103 Å². The van der Waals surface area contributed by atoms with E-state index >= 15 is 0 Å². The lowest BCUT2D eigenvalue weighted by atomic mass is 10.3. The van der Waals surface area contributed by atoms with Crippen molar-refractivity contribution in [2.24, 2.45) is 0 Å². The van der Waals surface area contributed by atoms with Crippen LogP contribution in [0.3, 0.4) is 0 Å². The van der Waals surface area contributed by atoms with Gasteiger partial charge in [0.05, 0.1) is 0 Å². The number of hydrogen-bond acceptors (Lipinski definition) is 1. The van der Waals surface area contributed by atoms with Crippen LogP contribution in [0.15, 0.2) is 103 Å². The van der Waals surface area contributed by atoms with Crippen LogP contribution in [0.5, 0.6) is 0 Å². The molecule has 3 aromatic rings. The molecule has 24 heavy (non-hydrogen) atoms. The molecule has 0 unspecified atom stereocenters. The summed E-state index contributed by atoms with van der Waals surface area (Å²) in [7, 11) is -2.77. The van der Waals surface area contributed by atoms with E-state index in [0.29, 0.717) is 0 Å². The van der Waals surface area contributed by atoms with Gasteiger partial charge in [0, 0.05) is 0 Å². The molecule has 0 atom stereocenters. The largest absolute Gasteiger partial charge is 0.299 e. The van der Waals surface area contributed by atoms with Gasteiger partial charge in [-0.05, 0) is 28.6 Å². The molecule has 118 valence electrons. The lowest BCUT2D eigenvalue weighted by molar-refractivity contribution is -0.108. The van der Waals surface area contributed by atoms with Crippen LogP contribution in [0.1, 0.15) is 6.92 Å². The van der Waals surface area contributed by atoms with E-state index in [4.69, 9.17) is 0 Å². The fourth-order valence-electron chi connectivity index (χ4n) is 3.27. The molecular weight excluding hydrogens is 308 g/mol. The first-order chi connectivity index (χ1) is 11.8.